The van der Waals surface area contributed by atoms with Crippen LogP contribution in [0.1, 0.15) is 18.9 Å². The highest BCUT2D eigenvalue weighted by Crippen LogP contribution is 2.28. The summed E-state index contributed by atoms with van der Waals surface area (Å²) in [6.45, 7) is 3.58. The number of imidazole rings is 1. The van der Waals surface area contributed by atoms with Crippen molar-refractivity contribution in [3.63, 3.8) is 0 Å². The Balaban J connectivity index is 2.42. The van der Waals surface area contributed by atoms with E-state index in [0.29, 0.717) is 6.61 Å². The van der Waals surface area contributed by atoms with Crippen LogP contribution < -0.4 is 5.73 Å². The largest absolute Gasteiger partial charge is 0.383 e. The zero-order valence-electron chi connectivity index (χ0n) is 10.9. The van der Waals surface area contributed by atoms with E-state index in [0.717, 1.165) is 35.6 Å². The number of hydrogen-bond acceptors (Lipinski definition) is 3. The van der Waals surface area contributed by atoms with Gasteiger partial charge in [-0.05, 0) is 12.0 Å². The first-order valence-corrected chi connectivity index (χ1v) is 6.15. The standard InChI is InChI=1S/C14H19N3O/c1-3-8-17-10-16-13(14(17)15)12-7-5-4-6-11(12)9-18-2/h4-7,10H,3,8-9,15H2,1-2H3. The van der Waals surface area contributed by atoms with Crippen molar-refractivity contribution in [2.45, 2.75) is 26.5 Å². The third-order valence-corrected chi connectivity index (χ3v) is 2.92. The summed E-state index contributed by atoms with van der Waals surface area (Å²) in [7, 11) is 1.69. The molecule has 2 N–H and O–H groups in total. The maximum Gasteiger partial charge on any atom is 0.131 e. The molecule has 2 rings (SSSR count). The maximum absolute atomic E-state index is 6.15. The molecule has 0 saturated carbocycles. The normalized spacial score (nSPS) is 10.8. The molecule has 0 radical (unpaired) electrons. The lowest BCUT2D eigenvalue weighted by Crippen LogP contribution is -2.02. The summed E-state index contributed by atoms with van der Waals surface area (Å²) in [4.78, 5) is 4.43. The van der Waals surface area contributed by atoms with Crippen LogP contribution in [0.2, 0.25) is 0 Å². The highest BCUT2D eigenvalue weighted by molar-refractivity contribution is 5.73. The molecular weight excluding hydrogens is 226 g/mol. The number of hydrogen-bond donors (Lipinski definition) is 1. The van der Waals surface area contributed by atoms with Crippen LogP contribution in [0.5, 0.6) is 0 Å². The van der Waals surface area contributed by atoms with Gasteiger partial charge in [0.15, 0.2) is 0 Å². The lowest BCUT2D eigenvalue weighted by molar-refractivity contribution is 0.185. The van der Waals surface area contributed by atoms with Gasteiger partial charge in [0.25, 0.3) is 0 Å². The average Bonchev–Trinajstić information content (AvgIpc) is 2.73. The van der Waals surface area contributed by atoms with Crippen LogP contribution in [-0.2, 0) is 17.9 Å². The molecule has 4 nitrogen and oxygen atoms in total. The summed E-state index contributed by atoms with van der Waals surface area (Å²) in [6, 6.07) is 8.06. The molecule has 0 amide bonds. The van der Waals surface area contributed by atoms with Crippen molar-refractivity contribution >= 4 is 5.82 Å². The van der Waals surface area contributed by atoms with Crippen LogP contribution in [0.25, 0.3) is 11.3 Å². The molecule has 0 aliphatic heterocycles. The Hall–Kier alpha value is -1.81. The smallest absolute Gasteiger partial charge is 0.131 e. The number of rotatable bonds is 5. The van der Waals surface area contributed by atoms with Gasteiger partial charge in [-0.2, -0.15) is 0 Å². The van der Waals surface area contributed by atoms with Gasteiger partial charge in [-0.15, -0.1) is 0 Å². The van der Waals surface area contributed by atoms with Gasteiger partial charge in [-0.3, -0.25) is 0 Å². The fraction of sp³-hybridized carbons (Fsp3) is 0.357. The van der Waals surface area contributed by atoms with E-state index in [9.17, 15) is 0 Å². The number of nitrogens with two attached hydrogens (primary N) is 1. The Bertz CT molecular complexity index is 520. The SMILES string of the molecule is CCCn1cnc(-c2ccccc2COC)c1N. The molecule has 0 aliphatic carbocycles. The number of aromatic nitrogens is 2. The van der Waals surface area contributed by atoms with Crippen molar-refractivity contribution in [3.8, 4) is 11.3 Å². The number of anilines is 1. The van der Waals surface area contributed by atoms with Crippen LogP contribution >= 0.6 is 0 Å². The molecule has 0 spiro atoms. The summed E-state index contributed by atoms with van der Waals surface area (Å²) >= 11 is 0. The molecule has 96 valence electrons. The number of ether oxygens (including phenoxy) is 1. The Morgan fingerprint density at radius 1 is 1.33 bits per heavy atom. The predicted octanol–water partition coefficient (Wildman–Crippen LogP) is 2.69. The summed E-state index contributed by atoms with van der Waals surface area (Å²) in [6.07, 6.45) is 2.84. The number of nitrogen functional groups attached to an aromatic ring is 1. The lowest BCUT2D eigenvalue weighted by atomic mass is 10.1. The van der Waals surface area contributed by atoms with Crippen LogP contribution in [0.4, 0.5) is 5.82 Å². The zero-order chi connectivity index (χ0) is 13.0. The van der Waals surface area contributed by atoms with Crippen molar-refractivity contribution in [1.29, 1.82) is 0 Å². The van der Waals surface area contributed by atoms with Crippen molar-refractivity contribution < 1.29 is 4.74 Å². The van der Waals surface area contributed by atoms with E-state index < -0.39 is 0 Å². The van der Waals surface area contributed by atoms with Crippen LogP contribution in [0.15, 0.2) is 30.6 Å². The minimum Gasteiger partial charge on any atom is -0.383 e. The summed E-state index contributed by atoms with van der Waals surface area (Å²) in [5.74, 6) is 0.723. The van der Waals surface area contributed by atoms with Crippen LogP contribution in [0, 0.1) is 0 Å². The zero-order valence-corrected chi connectivity index (χ0v) is 10.9. The van der Waals surface area contributed by atoms with Crippen molar-refractivity contribution in [1.82, 2.24) is 9.55 Å². The summed E-state index contributed by atoms with van der Waals surface area (Å²) < 4.78 is 7.19. The Kier molecular flexibility index (Phi) is 3.99. The lowest BCUT2D eigenvalue weighted by Gasteiger charge is -2.08. The molecule has 4 heteroatoms. The van der Waals surface area contributed by atoms with Crippen molar-refractivity contribution in [2.24, 2.45) is 0 Å². The Labute approximate surface area is 107 Å². The number of nitrogens with zero attached hydrogens (tertiary/aromatic N) is 2. The monoisotopic (exact) mass is 245 g/mol. The second-order valence-electron chi connectivity index (χ2n) is 4.26. The van der Waals surface area contributed by atoms with Crippen molar-refractivity contribution in [3.05, 3.63) is 36.2 Å². The summed E-state index contributed by atoms with van der Waals surface area (Å²) in [5, 5.41) is 0. The fourth-order valence-electron chi connectivity index (χ4n) is 2.05. The van der Waals surface area contributed by atoms with Crippen LogP contribution in [-0.4, -0.2) is 16.7 Å². The van der Waals surface area contributed by atoms with Gasteiger partial charge in [0.2, 0.25) is 0 Å². The highest BCUT2D eigenvalue weighted by Gasteiger charge is 2.12. The van der Waals surface area contributed by atoms with Gasteiger partial charge in [-0.25, -0.2) is 4.98 Å². The first-order valence-electron chi connectivity index (χ1n) is 6.15. The van der Waals surface area contributed by atoms with E-state index in [4.69, 9.17) is 10.5 Å². The molecule has 0 fully saturated rings. The second kappa shape index (κ2) is 5.69. The van der Waals surface area contributed by atoms with Gasteiger partial charge >= 0.3 is 0 Å². The number of methoxy groups -OCH3 is 1. The molecule has 1 heterocycles. The minimum absolute atomic E-state index is 0.566. The second-order valence-corrected chi connectivity index (χ2v) is 4.26. The number of aryl methyl sites for hydroxylation is 1. The molecule has 1 aromatic carbocycles. The Morgan fingerprint density at radius 2 is 2.11 bits per heavy atom. The summed E-state index contributed by atoms with van der Waals surface area (Å²) in [5.41, 5.74) is 9.14. The third kappa shape index (κ3) is 2.38. The molecule has 2 aromatic rings. The molecule has 0 bridgehead atoms. The van der Waals surface area contributed by atoms with Gasteiger partial charge in [0, 0.05) is 19.2 Å². The van der Waals surface area contributed by atoms with Gasteiger partial charge in [0.1, 0.15) is 11.5 Å². The highest BCUT2D eigenvalue weighted by atomic mass is 16.5. The first kappa shape index (κ1) is 12.6. The molecular formula is C14H19N3O. The molecule has 1 aromatic heterocycles. The van der Waals surface area contributed by atoms with Gasteiger partial charge in [0.05, 0.1) is 12.9 Å². The van der Waals surface area contributed by atoms with Gasteiger partial charge in [-0.1, -0.05) is 31.2 Å². The average molecular weight is 245 g/mol. The van der Waals surface area contributed by atoms with E-state index in [1.54, 1.807) is 13.4 Å². The molecule has 18 heavy (non-hydrogen) atoms. The van der Waals surface area contributed by atoms with Gasteiger partial charge < -0.3 is 15.0 Å². The number of benzene rings is 1. The van der Waals surface area contributed by atoms with E-state index in [1.807, 2.05) is 28.8 Å². The van der Waals surface area contributed by atoms with E-state index in [1.165, 1.54) is 0 Å². The molecule has 0 atom stereocenters. The molecule has 0 aliphatic rings. The quantitative estimate of drug-likeness (QED) is 0.881. The first-order chi connectivity index (χ1) is 8.77. The van der Waals surface area contributed by atoms with E-state index in [2.05, 4.69) is 11.9 Å². The fourth-order valence-corrected chi connectivity index (χ4v) is 2.05. The van der Waals surface area contributed by atoms with Crippen molar-refractivity contribution in [2.75, 3.05) is 12.8 Å². The van der Waals surface area contributed by atoms with E-state index in [-0.39, 0.29) is 0 Å². The third-order valence-electron chi connectivity index (χ3n) is 2.92. The predicted molar refractivity (Wildman–Crippen MR) is 73.1 cm³/mol. The Morgan fingerprint density at radius 3 is 2.83 bits per heavy atom. The molecule has 0 unspecified atom stereocenters. The maximum atomic E-state index is 6.15. The minimum atomic E-state index is 0.566. The van der Waals surface area contributed by atoms with E-state index >= 15 is 0 Å². The topological polar surface area (TPSA) is 53.1 Å². The van der Waals surface area contributed by atoms with Crippen LogP contribution in [0.3, 0.4) is 0 Å². The molecule has 0 saturated heterocycles.